The molecule has 2 rings (SSSR count). The van der Waals surface area contributed by atoms with E-state index >= 15 is 0 Å². The number of aromatic hydroxyl groups is 1. The van der Waals surface area contributed by atoms with Crippen molar-refractivity contribution < 1.29 is 15.0 Å². The zero-order chi connectivity index (χ0) is 14.7. The molecular formula is C16H17NO3. The maximum absolute atomic E-state index is 12.1. The summed E-state index contributed by atoms with van der Waals surface area (Å²) in [6, 6.07) is 11.8. The third-order valence-corrected chi connectivity index (χ3v) is 3.13. The Labute approximate surface area is 117 Å². The standard InChI is InChI=1S/C16H17NO3/c1-10-7-8-12(9-15(10)19)16(20)17-14-6-4-3-5-13(14)11(2)18/h3-9,11,18-19H,1-2H3,(H,17,20). The van der Waals surface area contributed by atoms with Gasteiger partial charge in [0.15, 0.2) is 0 Å². The molecule has 4 nitrogen and oxygen atoms in total. The van der Waals surface area contributed by atoms with Crippen molar-refractivity contribution in [1.29, 1.82) is 0 Å². The predicted octanol–water partition coefficient (Wildman–Crippen LogP) is 3.01. The lowest BCUT2D eigenvalue weighted by Crippen LogP contribution is -2.14. The number of amides is 1. The van der Waals surface area contributed by atoms with Crippen LogP contribution in [0.1, 0.15) is 34.5 Å². The van der Waals surface area contributed by atoms with E-state index < -0.39 is 6.10 Å². The lowest BCUT2D eigenvalue weighted by molar-refractivity contribution is 0.102. The highest BCUT2D eigenvalue weighted by atomic mass is 16.3. The van der Waals surface area contributed by atoms with Crippen molar-refractivity contribution in [2.24, 2.45) is 0 Å². The van der Waals surface area contributed by atoms with E-state index in [1.54, 1.807) is 50.2 Å². The van der Waals surface area contributed by atoms with Gasteiger partial charge in [-0.05, 0) is 37.6 Å². The van der Waals surface area contributed by atoms with Crippen molar-refractivity contribution in [2.75, 3.05) is 5.32 Å². The zero-order valence-electron chi connectivity index (χ0n) is 11.4. The van der Waals surface area contributed by atoms with Crippen LogP contribution in [0.15, 0.2) is 42.5 Å². The predicted molar refractivity (Wildman–Crippen MR) is 77.9 cm³/mol. The number of carbonyl (C=O) groups is 1. The van der Waals surface area contributed by atoms with E-state index in [0.717, 1.165) is 0 Å². The Morgan fingerprint density at radius 3 is 2.55 bits per heavy atom. The summed E-state index contributed by atoms with van der Waals surface area (Å²) in [6.45, 7) is 3.41. The second kappa shape index (κ2) is 5.75. The third-order valence-electron chi connectivity index (χ3n) is 3.13. The summed E-state index contributed by atoms with van der Waals surface area (Å²) in [5.74, 6) is -0.241. The van der Waals surface area contributed by atoms with Crippen LogP contribution in [0, 0.1) is 6.92 Å². The second-order valence-electron chi connectivity index (χ2n) is 4.72. The normalized spacial score (nSPS) is 11.9. The zero-order valence-corrected chi connectivity index (χ0v) is 11.4. The minimum Gasteiger partial charge on any atom is -0.508 e. The van der Waals surface area contributed by atoms with Crippen molar-refractivity contribution in [1.82, 2.24) is 0 Å². The second-order valence-corrected chi connectivity index (χ2v) is 4.72. The van der Waals surface area contributed by atoms with E-state index in [-0.39, 0.29) is 11.7 Å². The highest BCUT2D eigenvalue weighted by Crippen LogP contribution is 2.24. The first-order chi connectivity index (χ1) is 9.49. The lowest BCUT2D eigenvalue weighted by Gasteiger charge is -2.13. The van der Waals surface area contributed by atoms with E-state index in [0.29, 0.717) is 22.4 Å². The molecule has 0 aliphatic rings. The van der Waals surface area contributed by atoms with Crippen LogP contribution in [0.3, 0.4) is 0 Å². The van der Waals surface area contributed by atoms with Gasteiger partial charge in [-0.2, -0.15) is 0 Å². The SMILES string of the molecule is Cc1ccc(C(=O)Nc2ccccc2C(C)O)cc1O. The summed E-state index contributed by atoms with van der Waals surface area (Å²) in [5, 5.41) is 22.1. The number of carbonyl (C=O) groups excluding carboxylic acids is 1. The van der Waals surface area contributed by atoms with E-state index in [1.165, 1.54) is 6.07 Å². The van der Waals surface area contributed by atoms with E-state index in [1.807, 2.05) is 0 Å². The van der Waals surface area contributed by atoms with Gasteiger partial charge in [0.25, 0.3) is 5.91 Å². The van der Waals surface area contributed by atoms with Crippen molar-refractivity contribution >= 4 is 11.6 Å². The minimum atomic E-state index is -0.669. The molecule has 0 saturated carbocycles. The Bertz CT molecular complexity index is 635. The third kappa shape index (κ3) is 2.97. The first-order valence-corrected chi connectivity index (χ1v) is 6.37. The van der Waals surface area contributed by atoms with Crippen molar-refractivity contribution in [2.45, 2.75) is 20.0 Å². The highest BCUT2D eigenvalue weighted by Gasteiger charge is 2.12. The number of phenols is 1. The topological polar surface area (TPSA) is 69.6 Å². The lowest BCUT2D eigenvalue weighted by atomic mass is 10.1. The maximum Gasteiger partial charge on any atom is 0.255 e. The van der Waals surface area contributed by atoms with Crippen LogP contribution < -0.4 is 5.32 Å². The summed E-state index contributed by atoms with van der Waals surface area (Å²) < 4.78 is 0. The van der Waals surface area contributed by atoms with E-state index in [2.05, 4.69) is 5.32 Å². The molecule has 104 valence electrons. The summed E-state index contributed by atoms with van der Waals surface area (Å²) in [5.41, 5.74) is 2.30. The van der Waals surface area contributed by atoms with Crippen molar-refractivity contribution in [3.63, 3.8) is 0 Å². The Hall–Kier alpha value is -2.33. The molecule has 0 spiro atoms. The van der Waals surface area contributed by atoms with Gasteiger partial charge in [0.05, 0.1) is 6.10 Å². The largest absolute Gasteiger partial charge is 0.508 e. The molecule has 0 aliphatic heterocycles. The first-order valence-electron chi connectivity index (χ1n) is 6.37. The molecule has 0 aromatic heterocycles. The fraction of sp³-hybridized carbons (Fsp3) is 0.188. The number of aliphatic hydroxyl groups is 1. The number of benzene rings is 2. The fourth-order valence-electron chi connectivity index (χ4n) is 1.92. The molecule has 1 amide bonds. The van der Waals surface area contributed by atoms with Crippen LogP contribution in [0.25, 0.3) is 0 Å². The van der Waals surface area contributed by atoms with E-state index in [9.17, 15) is 15.0 Å². The van der Waals surface area contributed by atoms with Gasteiger partial charge in [0.2, 0.25) is 0 Å². The Balaban J connectivity index is 2.26. The van der Waals surface area contributed by atoms with Crippen LogP contribution in [0.2, 0.25) is 0 Å². The molecule has 3 N–H and O–H groups in total. The van der Waals surface area contributed by atoms with Gasteiger partial charge in [-0.3, -0.25) is 4.79 Å². The van der Waals surface area contributed by atoms with Crippen LogP contribution >= 0.6 is 0 Å². The Morgan fingerprint density at radius 1 is 1.20 bits per heavy atom. The Kier molecular flexibility index (Phi) is 4.05. The van der Waals surface area contributed by atoms with Gasteiger partial charge in [-0.1, -0.05) is 24.3 Å². The molecule has 0 aliphatic carbocycles. The number of aryl methyl sites for hydroxylation is 1. The maximum atomic E-state index is 12.1. The molecule has 0 saturated heterocycles. The summed E-state index contributed by atoms with van der Waals surface area (Å²) in [4.78, 5) is 12.1. The average molecular weight is 271 g/mol. The summed E-state index contributed by atoms with van der Waals surface area (Å²) in [6.07, 6.45) is -0.669. The monoisotopic (exact) mass is 271 g/mol. The summed E-state index contributed by atoms with van der Waals surface area (Å²) in [7, 11) is 0. The smallest absolute Gasteiger partial charge is 0.255 e. The molecule has 1 unspecified atom stereocenters. The van der Waals surface area contributed by atoms with Crippen LogP contribution in [0.4, 0.5) is 5.69 Å². The van der Waals surface area contributed by atoms with Gasteiger partial charge in [0, 0.05) is 16.8 Å². The first kappa shape index (κ1) is 14.1. The molecule has 20 heavy (non-hydrogen) atoms. The minimum absolute atomic E-state index is 0.0847. The molecule has 0 bridgehead atoms. The molecule has 1 atom stereocenters. The fourth-order valence-corrected chi connectivity index (χ4v) is 1.92. The molecule has 2 aromatic rings. The number of para-hydroxylation sites is 1. The molecular weight excluding hydrogens is 254 g/mol. The number of anilines is 1. The number of hydrogen-bond donors (Lipinski definition) is 3. The van der Waals surface area contributed by atoms with Crippen LogP contribution in [-0.4, -0.2) is 16.1 Å². The number of hydrogen-bond acceptors (Lipinski definition) is 3. The number of rotatable bonds is 3. The van der Waals surface area contributed by atoms with Gasteiger partial charge < -0.3 is 15.5 Å². The quantitative estimate of drug-likeness (QED) is 0.803. The number of nitrogens with one attached hydrogen (secondary N) is 1. The van der Waals surface area contributed by atoms with Gasteiger partial charge in [-0.15, -0.1) is 0 Å². The number of phenolic OH excluding ortho intramolecular Hbond substituents is 1. The summed E-state index contributed by atoms with van der Waals surface area (Å²) >= 11 is 0. The van der Waals surface area contributed by atoms with Gasteiger partial charge >= 0.3 is 0 Å². The molecule has 0 fully saturated rings. The Morgan fingerprint density at radius 2 is 1.90 bits per heavy atom. The number of aliphatic hydroxyl groups excluding tert-OH is 1. The molecule has 0 heterocycles. The van der Waals surface area contributed by atoms with Gasteiger partial charge in [0.1, 0.15) is 5.75 Å². The molecule has 4 heteroatoms. The van der Waals surface area contributed by atoms with Crippen LogP contribution in [0.5, 0.6) is 5.75 Å². The molecule has 2 aromatic carbocycles. The van der Waals surface area contributed by atoms with Crippen LogP contribution in [-0.2, 0) is 0 Å². The average Bonchev–Trinajstić information content (AvgIpc) is 2.42. The van der Waals surface area contributed by atoms with Crippen molar-refractivity contribution in [3.05, 3.63) is 59.2 Å². The van der Waals surface area contributed by atoms with E-state index in [4.69, 9.17) is 0 Å². The van der Waals surface area contributed by atoms with Gasteiger partial charge in [-0.25, -0.2) is 0 Å². The highest BCUT2D eigenvalue weighted by molar-refractivity contribution is 6.05. The molecule has 0 radical (unpaired) electrons. The van der Waals surface area contributed by atoms with Crippen molar-refractivity contribution in [3.8, 4) is 5.75 Å².